The number of benzene rings is 2. The number of rotatable bonds is 5. The summed E-state index contributed by atoms with van der Waals surface area (Å²) in [6.45, 7) is 1.04. The molecule has 0 spiro atoms. The number of nitrogens with zero attached hydrogens (tertiary/aromatic N) is 4. The van der Waals surface area contributed by atoms with Crippen molar-refractivity contribution in [2.45, 2.75) is 24.2 Å². The molecule has 5 rings (SSSR count). The molecular formula is C24H25B2ClN4O2S. The molecule has 0 saturated carbocycles. The lowest BCUT2D eigenvalue weighted by atomic mass is 9.92. The van der Waals surface area contributed by atoms with Crippen LogP contribution in [0, 0.1) is 5.92 Å². The minimum absolute atomic E-state index is 0.360. The number of fused-ring (bicyclic) bond motifs is 1. The van der Waals surface area contributed by atoms with E-state index in [2.05, 4.69) is 11.2 Å². The van der Waals surface area contributed by atoms with Crippen LogP contribution in [0.3, 0.4) is 0 Å². The van der Waals surface area contributed by atoms with Crippen molar-refractivity contribution in [2.75, 3.05) is 13.1 Å². The Balaban J connectivity index is 1.37. The van der Waals surface area contributed by atoms with Crippen LogP contribution in [0.4, 0.5) is 0 Å². The molecule has 2 aromatic heterocycles. The minimum atomic E-state index is -3.46. The second kappa shape index (κ2) is 9.21. The van der Waals surface area contributed by atoms with Crippen LogP contribution in [0.1, 0.15) is 18.5 Å². The van der Waals surface area contributed by atoms with E-state index < -0.39 is 10.0 Å². The second-order valence-electron chi connectivity index (χ2n) is 9.04. The van der Waals surface area contributed by atoms with E-state index in [0.717, 1.165) is 52.8 Å². The molecule has 0 atom stereocenters. The molecule has 3 heterocycles. The lowest BCUT2D eigenvalue weighted by Gasteiger charge is -2.31. The van der Waals surface area contributed by atoms with Crippen LogP contribution in [0.2, 0.25) is 5.02 Å². The SMILES string of the molecule is Bc1ccc(S(=O)(=O)N2CCC(Cc3cc(-c4ccccc4Cl)nc4c(B)cnn34)CC2)cc1. The van der Waals surface area contributed by atoms with Gasteiger partial charge in [-0.1, -0.05) is 47.4 Å². The van der Waals surface area contributed by atoms with E-state index in [1.54, 1.807) is 16.4 Å². The van der Waals surface area contributed by atoms with Crippen LogP contribution < -0.4 is 10.9 Å². The molecular weight excluding hydrogens is 465 g/mol. The fourth-order valence-corrected chi connectivity index (χ4v) is 6.30. The lowest BCUT2D eigenvalue weighted by Crippen LogP contribution is -2.39. The molecule has 34 heavy (non-hydrogen) atoms. The molecule has 2 aromatic carbocycles. The summed E-state index contributed by atoms with van der Waals surface area (Å²) in [6, 6.07) is 16.9. The molecule has 0 amide bonds. The first-order valence-corrected chi connectivity index (χ1v) is 13.3. The second-order valence-corrected chi connectivity index (χ2v) is 11.4. The van der Waals surface area contributed by atoms with Crippen molar-refractivity contribution in [3.05, 3.63) is 71.5 Å². The fraction of sp³-hybridized carbons (Fsp3) is 0.250. The van der Waals surface area contributed by atoms with Crippen molar-refractivity contribution < 1.29 is 8.42 Å². The summed E-state index contributed by atoms with van der Waals surface area (Å²) >= 11 is 6.46. The van der Waals surface area contributed by atoms with E-state index in [1.165, 1.54) is 0 Å². The normalized spacial score (nSPS) is 15.7. The van der Waals surface area contributed by atoms with Gasteiger partial charge in [0.05, 0.1) is 10.6 Å². The Kier molecular flexibility index (Phi) is 6.27. The molecule has 10 heteroatoms. The van der Waals surface area contributed by atoms with Gasteiger partial charge in [-0.3, -0.25) is 0 Å². The van der Waals surface area contributed by atoms with Gasteiger partial charge in [-0.2, -0.15) is 9.40 Å². The van der Waals surface area contributed by atoms with Crippen LogP contribution >= 0.6 is 11.6 Å². The summed E-state index contributed by atoms with van der Waals surface area (Å²) in [5.41, 5.74) is 5.67. The summed E-state index contributed by atoms with van der Waals surface area (Å²) in [5, 5.41) is 5.22. The first-order valence-electron chi connectivity index (χ1n) is 11.5. The quantitative estimate of drug-likeness (QED) is 0.395. The zero-order chi connectivity index (χ0) is 23.9. The number of piperidine rings is 1. The van der Waals surface area contributed by atoms with Gasteiger partial charge in [0.1, 0.15) is 21.3 Å². The van der Waals surface area contributed by atoms with Crippen LogP contribution in [-0.4, -0.2) is 56.1 Å². The molecule has 1 saturated heterocycles. The predicted molar refractivity (Wildman–Crippen MR) is 141 cm³/mol. The van der Waals surface area contributed by atoms with Crippen molar-refractivity contribution in [2.24, 2.45) is 5.92 Å². The van der Waals surface area contributed by atoms with Crippen molar-refractivity contribution in [3.8, 4) is 11.3 Å². The number of sulfonamides is 1. The van der Waals surface area contributed by atoms with Gasteiger partial charge >= 0.3 is 0 Å². The van der Waals surface area contributed by atoms with E-state index in [4.69, 9.17) is 16.6 Å². The van der Waals surface area contributed by atoms with Crippen LogP contribution in [0.15, 0.2) is 65.7 Å². The zero-order valence-corrected chi connectivity index (χ0v) is 20.9. The molecule has 0 unspecified atom stereocenters. The van der Waals surface area contributed by atoms with Crippen molar-refractivity contribution in [3.63, 3.8) is 0 Å². The maximum Gasteiger partial charge on any atom is 0.243 e. The van der Waals surface area contributed by atoms with Gasteiger partial charge < -0.3 is 0 Å². The van der Waals surface area contributed by atoms with Crippen molar-refractivity contribution in [1.82, 2.24) is 18.9 Å². The van der Waals surface area contributed by atoms with E-state index in [-0.39, 0.29) is 0 Å². The van der Waals surface area contributed by atoms with Gasteiger partial charge in [-0.05, 0) is 54.9 Å². The summed E-state index contributed by atoms with van der Waals surface area (Å²) in [5.74, 6) is 0.360. The molecule has 1 aliphatic heterocycles. The molecule has 0 N–H and O–H groups in total. The maximum atomic E-state index is 13.1. The van der Waals surface area contributed by atoms with Gasteiger partial charge in [0.2, 0.25) is 10.0 Å². The van der Waals surface area contributed by atoms with Gasteiger partial charge in [0.15, 0.2) is 0 Å². The van der Waals surface area contributed by atoms with E-state index in [9.17, 15) is 8.42 Å². The van der Waals surface area contributed by atoms with Crippen molar-refractivity contribution in [1.29, 1.82) is 0 Å². The Morgan fingerprint density at radius 2 is 1.74 bits per heavy atom. The third-order valence-corrected chi connectivity index (χ3v) is 8.84. The van der Waals surface area contributed by atoms with Gasteiger partial charge in [-0.15, -0.1) is 0 Å². The molecule has 0 radical (unpaired) electrons. The smallest absolute Gasteiger partial charge is 0.229 e. The highest BCUT2D eigenvalue weighted by Gasteiger charge is 2.30. The Morgan fingerprint density at radius 3 is 2.44 bits per heavy atom. The zero-order valence-electron chi connectivity index (χ0n) is 19.3. The lowest BCUT2D eigenvalue weighted by molar-refractivity contribution is 0.271. The number of hydrogen-bond donors (Lipinski definition) is 0. The Bertz CT molecular complexity index is 1450. The van der Waals surface area contributed by atoms with Crippen LogP contribution in [0.25, 0.3) is 16.9 Å². The molecule has 6 nitrogen and oxygen atoms in total. The van der Waals surface area contributed by atoms with E-state index in [0.29, 0.717) is 28.9 Å². The first-order chi connectivity index (χ1) is 16.3. The molecule has 0 bridgehead atoms. The molecule has 1 fully saturated rings. The fourth-order valence-electron chi connectivity index (χ4n) is 4.60. The van der Waals surface area contributed by atoms with E-state index >= 15 is 0 Å². The average molecular weight is 491 g/mol. The maximum absolute atomic E-state index is 13.1. The van der Waals surface area contributed by atoms with Crippen LogP contribution in [0.5, 0.6) is 0 Å². The standard InChI is InChI=1S/C24H25B2ClN4O2S/c25-17-5-7-19(8-6-17)34(32,33)30-11-9-16(10-12-30)13-18-14-23(20-3-1-2-4-22(20)27)29-24-21(26)15-28-31(18)24/h1-8,14-16H,9-13,25-26H2. The Hall–Kier alpha value is -2.61. The van der Waals surface area contributed by atoms with Gasteiger partial charge in [0.25, 0.3) is 0 Å². The average Bonchev–Trinajstić information content (AvgIpc) is 3.21. The number of halogens is 1. The number of hydrogen-bond acceptors (Lipinski definition) is 4. The molecule has 172 valence electrons. The molecule has 4 aromatic rings. The van der Waals surface area contributed by atoms with Crippen LogP contribution in [-0.2, 0) is 16.4 Å². The highest BCUT2D eigenvalue weighted by Crippen LogP contribution is 2.30. The topological polar surface area (TPSA) is 67.6 Å². The number of aromatic nitrogens is 3. The monoisotopic (exact) mass is 490 g/mol. The molecule has 1 aliphatic rings. The minimum Gasteiger partial charge on any atom is -0.229 e. The van der Waals surface area contributed by atoms with Gasteiger partial charge in [-0.25, -0.2) is 17.9 Å². The summed E-state index contributed by atoms with van der Waals surface area (Å²) in [7, 11) is 0.496. The summed E-state index contributed by atoms with van der Waals surface area (Å²) in [4.78, 5) is 5.20. The summed E-state index contributed by atoms with van der Waals surface area (Å²) in [6.07, 6.45) is 4.24. The van der Waals surface area contributed by atoms with Gasteiger partial charge in [0, 0.05) is 35.6 Å². The third-order valence-electron chi connectivity index (χ3n) is 6.60. The Labute approximate surface area is 206 Å². The summed E-state index contributed by atoms with van der Waals surface area (Å²) < 4.78 is 29.7. The largest absolute Gasteiger partial charge is 0.243 e. The first kappa shape index (κ1) is 23.1. The highest BCUT2D eigenvalue weighted by atomic mass is 35.5. The molecule has 0 aliphatic carbocycles. The van der Waals surface area contributed by atoms with Crippen molar-refractivity contribution >= 4 is 53.9 Å². The highest BCUT2D eigenvalue weighted by molar-refractivity contribution is 7.89. The third kappa shape index (κ3) is 4.40. The Morgan fingerprint density at radius 1 is 1.03 bits per heavy atom. The predicted octanol–water partition coefficient (Wildman–Crippen LogP) is 1.21. The van der Waals surface area contributed by atoms with E-state index in [1.807, 2.05) is 62.8 Å².